The lowest BCUT2D eigenvalue weighted by Crippen LogP contribution is -2.36. The molecule has 0 aliphatic carbocycles. The van der Waals surface area contributed by atoms with Crippen LogP contribution in [0.25, 0.3) is 11.3 Å². The van der Waals surface area contributed by atoms with E-state index >= 15 is 0 Å². The van der Waals surface area contributed by atoms with E-state index in [1.165, 1.54) is 0 Å². The van der Waals surface area contributed by atoms with Gasteiger partial charge in [-0.25, -0.2) is 4.98 Å². The Labute approximate surface area is 135 Å². The Morgan fingerprint density at radius 2 is 2.00 bits per heavy atom. The van der Waals surface area contributed by atoms with E-state index in [1.54, 1.807) is 24.4 Å². The molecule has 0 bridgehead atoms. The summed E-state index contributed by atoms with van der Waals surface area (Å²) in [5.41, 5.74) is 0.909. The van der Waals surface area contributed by atoms with Crippen molar-refractivity contribution in [1.82, 2.24) is 10.3 Å². The van der Waals surface area contributed by atoms with Crippen molar-refractivity contribution >= 4 is 23.2 Å². The quantitative estimate of drug-likeness (QED) is 0.788. The van der Waals surface area contributed by atoms with Gasteiger partial charge in [0.2, 0.25) is 0 Å². The molecule has 0 atom stereocenters. The molecule has 3 nitrogen and oxygen atoms in total. The molecule has 21 heavy (non-hydrogen) atoms. The third-order valence-electron chi connectivity index (χ3n) is 2.97. The third-order valence-corrected chi connectivity index (χ3v) is 3.53. The van der Waals surface area contributed by atoms with Crippen molar-refractivity contribution in [2.75, 3.05) is 6.54 Å². The molecular formula is C16H20Cl2N2O. The first-order valence-electron chi connectivity index (χ1n) is 7.00. The second-order valence-electron chi connectivity index (χ2n) is 6.02. The van der Waals surface area contributed by atoms with Gasteiger partial charge >= 0.3 is 0 Å². The van der Waals surface area contributed by atoms with Crippen LogP contribution in [0.15, 0.2) is 28.8 Å². The van der Waals surface area contributed by atoms with Gasteiger partial charge in [-0.05, 0) is 51.9 Å². The smallest absolute Gasteiger partial charge is 0.194 e. The fourth-order valence-electron chi connectivity index (χ4n) is 1.94. The molecule has 0 radical (unpaired) electrons. The van der Waals surface area contributed by atoms with Crippen LogP contribution in [-0.4, -0.2) is 17.1 Å². The van der Waals surface area contributed by atoms with Crippen LogP contribution in [0.1, 0.15) is 33.1 Å². The Morgan fingerprint density at radius 1 is 1.24 bits per heavy atom. The number of hydrogen-bond acceptors (Lipinski definition) is 3. The monoisotopic (exact) mass is 326 g/mol. The molecule has 0 saturated heterocycles. The largest absolute Gasteiger partial charge is 0.441 e. The van der Waals surface area contributed by atoms with Gasteiger partial charge in [-0.15, -0.1) is 0 Å². The molecule has 0 fully saturated rings. The van der Waals surface area contributed by atoms with Gasteiger partial charge in [0.15, 0.2) is 11.7 Å². The summed E-state index contributed by atoms with van der Waals surface area (Å²) in [4.78, 5) is 4.30. The number of nitrogens with one attached hydrogen (secondary N) is 1. The average Bonchev–Trinajstić information content (AvgIpc) is 2.85. The molecule has 0 saturated carbocycles. The molecule has 1 aromatic heterocycles. The summed E-state index contributed by atoms with van der Waals surface area (Å²) in [6.45, 7) is 7.38. The second kappa shape index (κ2) is 6.82. The van der Waals surface area contributed by atoms with Crippen molar-refractivity contribution in [3.8, 4) is 11.3 Å². The highest BCUT2D eigenvalue weighted by Gasteiger charge is 2.11. The lowest BCUT2D eigenvalue weighted by molar-refractivity contribution is 0.412. The molecule has 0 unspecified atom stereocenters. The summed E-state index contributed by atoms with van der Waals surface area (Å²) in [5.74, 6) is 1.37. The van der Waals surface area contributed by atoms with E-state index in [2.05, 4.69) is 31.1 Å². The fraction of sp³-hybridized carbons (Fsp3) is 0.438. The van der Waals surface area contributed by atoms with Crippen molar-refractivity contribution in [2.24, 2.45) is 0 Å². The zero-order valence-electron chi connectivity index (χ0n) is 12.5. The number of oxazole rings is 1. The molecule has 2 aromatic rings. The van der Waals surface area contributed by atoms with E-state index < -0.39 is 0 Å². The number of nitrogens with zero attached hydrogens (tertiary/aromatic N) is 1. The van der Waals surface area contributed by atoms with Crippen LogP contribution < -0.4 is 5.32 Å². The molecule has 0 spiro atoms. The highest BCUT2D eigenvalue weighted by Crippen LogP contribution is 2.31. The summed E-state index contributed by atoms with van der Waals surface area (Å²) in [5, 5.41) is 4.67. The van der Waals surface area contributed by atoms with Crippen molar-refractivity contribution in [2.45, 2.75) is 39.2 Å². The van der Waals surface area contributed by atoms with Gasteiger partial charge in [0.05, 0.1) is 11.2 Å². The van der Waals surface area contributed by atoms with Crippen molar-refractivity contribution in [3.63, 3.8) is 0 Å². The van der Waals surface area contributed by atoms with E-state index in [0.29, 0.717) is 15.8 Å². The Kier molecular flexibility index (Phi) is 5.31. The van der Waals surface area contributed by atoms with Gasteiger partial charge in [-0.1, -0.05) is 23.2 Å². The SMILES string of the molecule is CC(C)(C)NCCCc1ncc(-c2cc(Cl)ccc2Cl)o1. The molecule has 1 aromatic carbocycles. The van der Waals surface area contributed by atoms with E-state index in [-0.39, 0.29) is 5.54 Å². The predicted molar refractivity (Wildman–Crippen MR) is 88.0 cm³/mol. The zero-order chi connectivity index (χ0) is 15.5. The molecule has 0 aliphatic heterocycles. The minimum absolute atomic E-state index is 0.135. The van der Waals surface area contributed by atoms with Gasteiger partial charge in [0, 0.05) is 22.5 Å². The molecular weight excluding hydrogens is 307 g/mol. The Morgan fingerprint density at radius 3 is 2.71 bits per heavy atom. The maximum atomic E-state index is 6.16. The maximum Gasteiger partial charge on any atom is 0.194 e. The Hall–Kier alpha value is -1.03. The van der Waals surface area contributed by atoms with Crippen LogP contribution >= 0.6 is 23.2 Å². The first kappa shape index (κ1) is 16.3. The topological polar surface area (TPSA) is 38.1 Å². The summed E-state index contributed by atoms with van der Waals surface area (Å²) in [6, 6.07) is 5.30. The Bertz CT molecular complexity index is 603. The fourth-order valence-corrected chi connectivity index (χ4v) is 2.32. The van der Waals surface area contributed by atoms with E-state index in [9.17, 15) is 0 Å². The summed E-state index contributed by atoms with van der Waals surface area (Å²) in [7, 11) is 0. The van der Waals surface area contributed by atoms with Crippen LogP contribution in [0.2, 0.25) is 10.0 Å². The average molecular weight is 327 g/mol. The van der Waals surface area contributed by atoms with Crippen LogP contribution in [0.4, 0.5) is 0 Å². The minimum atomic E-state index is 0.135. The minimum Gasteiger partial charge on any atom is -0.441 e. The summed E-state index contributed by atoms with van der Waals surface area (Å²) >= 11 is 12.2. The molecule has 2 rings (SSSR count). The first-order valence-corrected chi connectivity index (χ1v) is 7.76. The van der Waals surface area contributed by atoms with Gasteiger partial charge in [0.25, 0.3) is 0 Å². The first-order chi connectivity index (χ1) is 9.85. The van der Waals surface area contributed by atoms with Crippen molar-refractivity contribution in [1.29, 1.82) is 0 Å². The number of benzene rings is 1. The van der Waals surface area contributed by atoms with Gasteiger partial charge in [0.1, 0.15) is 0 Å². The Balaban J connectivity index is 1.97. The summed E-state index contributed by atoms with van der Waals surface area (Å²) in [6.07, 6.45) is 3.46. The van der Waals surface area contributed by atoms with Crippen LogP contribution in [0, 0.1) is 0 Å². The number of rotatable bonds is 5. The number of halogens is 2. The highest BCUT2D eigenvalue weighted by molar-refractivity contribution is 6.35. The van der Waals surface area contributed by atoms with E-state index in [0.717, 1.165) is 30.8 Å². The molecule has 0 amide bonds. The third kappa shape index (κ3) is 5.03. The van der Waals surface area contributed by atoms with Gasteiger partial charge in [-0.3, -0.25) is 0 Å². The highest BCUT2D eigenvalue weighted by atomic mass is 35.5. The van der Waals surface area contributed by atoms with Crippen molar-refractivity contribution in [3.05, 3.63) is 40.3 Å². The molecule has 1 N–H and O–H groups in total. The predicted octanol–water partition coefficient (Wildman–Crippen LogP) is 4.97. The zero-order valence-corrected chi connectivity index (χ0v) is 14.1. The molecule has 0 aliphatic rings. The molecule has 5 heteroatoms. The number of aryl methyl sites for hydroxylation is 1. The van der Waals surface area contributed by atoms with E-state index in [1.807, 2.05) is 0 Å². The molecule has 1 heterocycles. The second-order valence-corrected chi connectivity index (χ2v) is 6.87. The lowest BCUT2D eigenvalue weighted by Gasteiger charge is -2.20. The van der Waals surface area contributed by atoms with Crippen LogP contribution in [-0.2, 0) is 6.42 Å². The van der Waals surface area contributed by atoms with Crippen molar-refractivity contribution < 1.29 is 4.42 Å². The van der Waals surface area contributed by atoms with Crippen LogP contribution in [0.5, 0.6) is 0 Å². The van der Waals surface area contributed by atoms with Crippen LogP contribution in [0.3, 0.4) is 0 Å². The number of aromatic nitrogens is 1. The number of hydrogen-bond donors (Lipinski definition) is 1. The van der Waals surface area contributed by atoms with E-state index in [4.69, 9.17) is 27.6 Å². The normalized spacial score (nSPS) is 11.9. The lowest BCUT2D eigenvalue weighted by atomic mass is 10.1. The maximum absolute atomic E-state index is 6.16. The standard InChI is InChI=1S/C16H20Cl2N2O/c1-16(2,3)20-8-4-5-15-19-10-14(21-15)12-9-11(17)6-7-13(12)18/h6-7,9-10,20H,4-5,8H2,1-3H3. The van der Waals surface area contributed by atoms with Gasteiger partial charge in [-0.2, -0.15) is 0 Å². The molecule has 114 valence electrons. The van der Waals surface area contributed by atoms with Gasteiger partial charge < -0.3 is 9.73 Å². The summed E-state index contributed by atoms with van der Waals surface area (Å²) < 4.78 is 5.76.